The molecule has 1 aliphatic heterocycles. The van der Waals surface area contributed by atoms with Crippen molar-refractivity contribution in [2.24, 2.45) is 0 Å². The van der Waals surface area contributed by atoms with E-state index in [1.54, 1.807) is 36.9 Å². The summed E-state index contributed by atoms with van der Waals surface area (Å²) in [5.41, 5.74) is 2.28. The number of anilines is 1. The average molecular weight is 442 g/mol. The summed E-state index contributed by atoms with van der Waals surface area (Å²) in [6.07, 6.45) is 1.05. The number of nitrogens with one attached hydrogen (secondary N) is 2. The van der Waals surface area contributed by atoms with Crippen molar-refractivity contribution in [3.8, 4) is 0 Å². The fourth-order valence-electron chi connectivity index (χ4n) is 3.57. The van der Waals surface area contributed by atoms with Crippen molar-refractivity contribution in [1.82, 2.24) is 10.2 Å². The Bertz CT molecular complexity index is 984. The first kappa shape index (κ1) is 22.6. The number of hydrogen-bond donors (Lipinski definition) is 2. The number of rotatable bonds is 8. The fourth-order valence-corrected chi connectivity index (χ4v) is 4.27. The maximum Gasteiger partial charge on any atom is 0.338 e. The van der Waals surface area contributed by atoms with Crippen molar-refractivity contribution in [3.05, 3.63) is 63.5 Å². The van der Waals surface area contributed by atoms with E-state index in [1.165, 1.54) is 11.3 Å². The van der Waals surface area contributed by atoms with Crippen molar-refractivity contribution in [2.75, 3.05) is 18.5 Å². The molecule has 1 aromatic carbocycles. The Kier molecular flexibility index (Phi) is 7.46. The van der Waals surface area contributed by atoms with Gasteiger partial charge in [0.05, 0.1) is 24.6 Å². The number of benzene rings is 1. The number of nitrogens with zero attached hydrogens (tertiary/aromatic N) is 1. The van der Waals surface area contributed by atoms with Crippen molar-refractivity contribution in [2.45, 2.75) is 39.7 Å². The molecule has 0 bridgehead atoms. The lowest BCUT2D eigenvalue weighted by molar-refractivity contribution is -0.139. The summed E-state index contributed by atoms with van der Waals surface area (Å²) in [7, 11) is 0. The number of urea groups is 1. The molecule has 0 spiro atoms. The van der Waals surface area contributed by atoms with Crippen LogP contribution in [0, 0.1) is 0 Å². The van der Waals surface area contributed by atoms with E-state index < -0.39 is 12.0 Å². The lowest BCUT2D eigenvalue weighted by Gasteiger charge is -2.35. The van der Waals surface area contributed by atoms with Crippen LogP contribution in [0.3, 0.4) is 0 Å². The number of esters is 1. The van der Waals surface area contributed by atoms with Crippen molar-refractivity contribution in [3.63, 3.8) is 0 Å². The van der Waals surface area contributed by atoms with Crippen LogP contribution in [0.15, 0.2) is 53.0 Å². The molecule has 1 atom stereocenters. The second-order valence-electron chi connectivity index (χ2n) is 7.18. The zero-order chi connectivity index (χ0) is 22.4. The molecule has 8 heteroatoms. The van der Waals surface area contributed by atoms with Gasteiger partial charge in [0.15, 0.2) is 0 Å². The van der Waals surface area contributed by atoms with Gasteiger partial charge in [0, 0.05) is 22.8 Å². The summed E-state index contributed by atoms with van der Waals surface area (Å²) in [5.74, 6) is -0.586. The number of thiophene rings is 1. The van der Waals surface area contributed by atoms with Gasteiger partial charge in [-0.15, -0.1) is 11.3 Å². The van der Waals surface area contributed by atoms with Gasteiger partial charge in [-0.25, -0.2) is 9.59 Å². The minimum absolute atomic E-state index is 0.126. The van der Waals surface area contributed by atoms with E-state index >= 15 is 0 Å². The molecule has 7 nitrogen and oxygen atoms in total. The largest absolute Gasteiger partial charge is 0.463 e. The standard InChI is InChI=1S/C23H27N3O4S/c1-4-11-26-15(3)20(22(28)30-5-2)21(25-23(26)29)16-8-6-9-17(13-16)24-19(27)14-18-10-7-12-31-18/h6-10,12-13,21H,4-5,11,14H2,1-3H3,(H,24,27)(H,25,29). The molecule has 2 aromatic rings. The highest BCUT2D eigenvalue weighted by atomic mass is 32.1. The van der Waals surface area contributed by atoms with Gasteiger partial charge < -0.3 is 15.4 Å². The van der Waals surface area contributed by atoms with Gasteiger partial charge in [-0.2, -0.15) is 0 Å². The topological polar surface area (TPSA) is 87.7 Å². The van der Waals surface area contributed by atoms with Crippen molar-refractivity contribution in [1.29, 1.82) is 0 Å². The van der Waals surface area contributed by atoms with Gasteiger partial charge in [-0.3, -0.25) is 9.69 Å². The van der Waals surface area contributed by atoms with Crippen LogP contribution in [0.4, 0.5) is 10.5 Å². The minimum Gasteiger partial charge on any atom is -0.463 e. The molecular weight excluding hydrogens is 414 g/mol. The number of carbonyl (C=O) groups is 3. The summed E-state index contributed by atoms with van der Waals surface area (Å²) in [4.78, 5) is 40.4. The van der Waals surface area contributed by atoms with Crippen LogP contribution < -0.4 is 10.6 Å². The van der Waals surface area contributed by atoms with Crippen LogP contribution in [0.25, 0.3) is 0 Å². The third-order valence-corrected chi connectivity index (χ3v) is 5.83. The lowest BCUT2D eigenvalue weighted by Crippen LogP contribution is -2.48. The molecule has 0 radical (unpaired) electrons. The summed E-state index contributed by atoms with van der Waals surface area (Å²) < 4.78 is 5.28. The van der Waals surface area contributed by atoms with E-state index in [2.05, 4.69) is 10.6 Å². The third-order valence-electron chi connectivity index (χ3n) is 4.96. The van der Waals surface area contributed by atoms with Gasteiger partial charge in [-0.1, -0.05) is 25.1 Å². The molecule has 0 aliphatic carbocycles. The number of amides is 3. The van der Waals surface area contributed by atoms with Gasteiger partial charge in [0.1, 0.15) is 0 Å². The van der Waals surface area contributed by atoms with Crippen molar-refractivity contribution >= 4 is 34.9 Å². The molecule has 0 fully saturated rings. The minimum atomic E-state index is -0.659. The van der Waals surface area contributed by atoms with E-state index in [-0.39, 0.29) is 18.5 Å². The zero-order valence-electron chi connectivity index (χ0n) is 17.9. The van der Waals surface area contributed by atoms with Gasteiger partial charge in [0.25, 0.3) is 0 Å². The summed E-state index contributed by atoms with van der Waals surface area (Å²) in [5, 5.41) is 7.75. The Morgan fingerprint density at radius 3 is 2.71 bits per heavy atom. The first-order valence-electron chi connectivity index (χ1n) is 10.3. The van der Waals surface area contributed by atoms with Gasteiger partial charge >= 0.3 is 12.0 Å². The molecule has 31 heavy (non-hydrogen) atoms. The predicted molar refractivity (Wildman–Crippen MR) is 121 cm³/mol. The van der Waals surface area contributed by atoms with Crippen molar-refractivity contribution < 1.29 is 19.1 Å². The second kappa shape index (κ2) is 10.3. The van der Waals surface area contributed by atoms with Gasteiger partial charge in [-0.05, 0) is 49.4 Å². The molecule has 2 N–H and O–H groups in total. The van der Waals surface area contributed by atoms with E-state index in [4.69, 9.17) is 4.74 Å². The molecule has 3 rings (SSSR count). The van der Waals surface area contributed by atoms with Gasteiger partial charge in [0.2, 0.25) is 5.91 Å². The van der Waals surface area contributed by atoms with Crippen LogP contribution in [-0.4, -0.2) is 36.0 Å². The Balaban J connectivity index is 1.88. The summed E-state index contributed by atoms with van der Waals surface area (Å²) >= 11 is 1.53. The molecule has 0 saturated carbocycles. The highest BCUT2D eigenvalue weighted by Crippen LogP contribution is 2.32. The quantitative estimate of drug-likeness (QED) is 0.600. The number of carbonyl (C=O) groups excluding carboxylic acids is 3. The Morgan fingerprint density at radius 2 is 2.03 bits per heavy atom. The normalized spacial score (nSPS) is 16.2. The smallest absolute Gasteiger partial charge is 0.338 e. The Hall–Kier alpha value is -3.13. The molecule has 1 aliphatic rings. The summed E-state index contributed by atoms with van der Waals surface area (Å²) in [6.45, 7) is 6.23. The molecular formula is C23H27N3O4S. The van der Waals surface area contributed by atoms with Crippen LogP contribution in [0.5, 0.6) is 0 Å². The lowest BCUT2D eigenvalue weighted by atomic mass is 9.94. The monoisotopic (exact) mass is 441 g/mol. The highest BCUT2D eigenvalue weighted by molar-refractivity contribution is 7.10. The second-order valence-corrected chi connectivity index (χ2v) is 8.22. The Morgan fingerprint density at radius 1 is 1.23 bits per heavy atom. The molecule has 1 unspecified atom stereocenters. The number of ether oxygens (including phenoxy) is 1. The van der Waals surface area contributed by atoms with Crippen LogP contribution >= 0.6 is 11.3 Å². The first-order valence-corrected chi connectivity index (χ1v) is 11.2. The fraction of sp³-hybridized carbons (Fsp3) is 0.348. The van der Waals surface area contributed by atoms with E-state index in [1.807, 2.05) is 30.5 Å². The maximum absolute atomic E-state index is 12.8. The SMILES string of the molecule is CCCN1C(=O)NC(c2cccc(NC(=O)Cc3cccs3)c2)C(C(=O)OCC)=C1C. The molecule has 1 aromatic heterocycles. The highest BCUT2D eigenvalue weighted by Gasteiger charge is 2.36. The molecule has 0 saturated heterocycles. The van der Waals surface area contributed by atoms with Crippen LogP contribution in [-0.2, 0) is 20.7 Å². The number of allylic oxidation sites excluding steroid dienone is 1. The third kappa shape index (κ3) is 5.32. The van der Waals surface area contributed by atoms with Crippen LogP contribution in [0.2, 0.25) is 0 Å². The van der Waals surface area contributed by atoms with E-state index in [9.17, 15) is 14.4 Å². The molecule has 2 heterocycles. The van der Waals surface area contributed by atoms with Crippen LogP contribution in [0.1, 0.15) is 43.7 Å². The predicted octanol–water partition coefficient (Wildman–Crippen LogP) is 4.24. The Labute approximate surface area is 186 Å². The summed E-state index contributed by atoms with van der Waals surface area (Å²) in [6, 6.07) is 10.1. The molecule has 3 amide bonds. The van der Waals surface area contributed by atoms with E-state index in [0.29, 0.717) is 35.5 Å². The average Bonchev–Trinajstić information content (AvgIpc) is 3.23. The maximum atomic E-state index is 12.8. The van der Waals surface area contributed by atoms with E-state index in [0.717, 1.165) is 11.3 Å². The number of hydrogen-bond acceptors (Lipinski definition) is 5. The first-order chi connectivity index (χ1) is 14.9. The zero-order valence-corrected chi connectivity index (χ0v) is 18.8. The molecule has 164 valence electrons.